The fraction of sp³-hybridized carbons (Fsp3) is 0.571. The Kier molecular flexibility index (Phi) is 4.44. The van der Waals surface area contributed by atoms with E-state index in [9.17, 15) is 15.2 Å². The second kappa shape index (κ2) is 6.09. The Morgan fingerprint density at radius 1 is 1.45 bits per heavy atom. The average Bonchev–Trinajstić information content (AvgIpc) is 2.36. The third-order valence-electron chi connectivity index (χ3n) is 3.68. The van der Waals surface area contributed by atoms with E-state index in [1.807, 2.05) is 24.9 Å². The topological polar surface area (TPSA) is 78.6 Å². The first kappa shape index (κ1) is 14.6. The maximum absolute atomic E-state index is 11.0. The fourth-order valence-corrected chi connectivity index (χ4v) is 2.57. The molecule has 0 atom stereocenters. The Labute approximate surface area is 118 Å². The highest BCUT2D eigenvalue weighted by Gasteiger charge is 2.28. The number of hydrogen-bond acceptors (Lipinski definition) is 5. The number of anilines is 2. The molecule has 6 nitrogen and oxygen atoms in total. The monoisotopic (exact) mass is 279 g/mol. The van der Waals surface area contributed by atoms with Crippen LogP contribution >= 0.6 is 0 Å². The fourth-order valence-electron chi connectivity index (χ4n) is 2.57. The van der Waals surface area contributed by atoms with Gasteiger partial charge in [0.15, 0.2) is 0 Å². The first-order valence-electron chi connectivity index (χ1n) is 6.92. The molecular weight excluding hydrogens is 258 g/mol. The quantitative estimate of drug-likeness (QED) is 0.616. The molecule has 0 unspecified atom stereocenters. The normalized spacial score (nSPS) is 21.1. The van der Waals surface area contributed by atoms with Crippen molar-refractivity contribution in [1.29, 1.82) is 0 Å². The molecule has 2 rings (SSSR count). The molecule has 2 N–H and O–H groups in total. The zero-order valence-corrected chi connectivity index (χ0v) is 11.9. The summed E-state index contributed by atoms with van der Waals surface area (Å²) < 4.78 is 0. The minimum absolute atomic E-state index is 0.0962. The molecule has 1 aliphatic rings. The Morgan fingerprint density at radius 2 is 2.15 bits per heavy atom. The lowest BCUT2D eigenvalue weighted by atomic mass is 9.82. The number of hydrogen-bond donors (Lipinski definition) is 2. The smallest absolute Gasteiger partial charge is 0.273 e. The minimum atomic E-state index is -0.370. The third kappa shape index (κ3) is 3.39. The summed E-state index contributed by atoms with van der Waals surface area (Å²) >= 11 is 0. The molecule has 110 valence electrons. The number of non-ortho nitro benzene ring substituents is 1. The minimum Gasteiger partial charge on any atom is -0.393 e. The van der Waals surface area contributed by atoms with Crippen LogP contribution < -0.4 is 10.2 Å². The summed E-state index contributed by atoms with van der Waals surface area (Å²) in [5.41, 5.74) is 1.69. The van der Waals surface area contributed by atoms with E-state index >= 15 is 0 Å². The first-order valence-corrected chi connectivity index (χ1v) is 6.92. The molecule has 0 saturated heterocycles. The molecule has 0 heterocycles. The van der Waals surface area contributed by atoms with Gasteiger partial charge in [0.1, 0.15) is 0 Å². The molecule has 1 aromatic carbocycles. The molecule has 0 aromatic heterocycles. The number of nitro benzene ring substituents is 1. The van der Waals surface area contributed by atoms with Crippen molar-refractivity contribution in [3.8, 4) is 0 Å². The van der Waals surface area contributed by atoms with Crippen molar-refractivity contribution in [3.63, 3.8) is 0 Å². The van der Waals surface area contributed by atoms with Crippen LogP contribution in [-0.2, 0) is 0 Å². The standard InChI is InChI=1S/C14H21N3O3/c1-3-15-11-6-12(8-13(7-11)17(19)20)16(2)9-10-4-14(18)5-10/h6-8,10,14-15,18H,3-5,9H2,1-2H3. The maximum atomic E-state index is 11.0. The number of aliphatic hydroxyl groups excluding tert-OH is 1. The van der Waals surface area contributed by atoms with E-state index in [1.165, 1.54) is 0 Å². The average molecular weight is 279 g/mol. The summed E-state index contributed by atoms with van der Waals surface area (Å²) in [6.07, 6.45) is 1.47. The highest BCUT2D eigenvalue weighted by Crippen LogP contribution is 2.31. The van der Waals surface area contributed by atoms with Gasteiger partial charge in [0.2, 0.25) is 0 Å². The molecule has 6 heteroatoms. The van der Waals surface area contributed by atoms with Crippen molar-refractivity contribution >= 4 is 17.1 Å². The van der Waals surface area contributed by atoms with Gasteiger partial charge >= 0.3 is 0 Å². The molecule has 1 saturated carbocycles. The van der Waals surface area contributed by atoms with E-state index in [0.29, 0.717) is 5.92 Å². The van der Waals surface area contributed by atoms with E-state index in [-0.39, 0.29) is 16.7 Å². The molecule has 0 aliphatic heterocycles. The first-order chi connectivity index (χ1) is 9.49. The van der Waals surface area contributed by atoms with Crippen LogP contribution in [0, 0.1) is 16.0 Å². The molecule has 1 aromatic rings. The van der Waals surface area contributed by atoms with Gasteiger partial charge in [-0.2, -0.15) is 0 Å². The SMILES string of the molecule is CCNc1cc(N(C)CC2CC(O)C2)cc([N+](=O)[O-])c1. The summed E-state index contributed by atoms with van der Waals surface area (Å²) in [5.74, 6) is 0.469. The number of nitrogens with zero attached hydrogens (tertiary/aromatic N) is 2. The van der Waals surface area contributed by atoms with Crippen molar-refractivity contribution in [1.82, 2.24) is 0 Å². The van der Waals surface area contributed by atoms with Crippen LogP contribution in [0.3, 0.4) is 0 Å². The van der Waals surface area contributed by atoms with Crippen molar-refractivity contribution in [2.75, 3.05) is 30.4 Å². The van der Waals surface area contributed by atoms with E-state index < -0.39 is 0 Å². The lowest BCUT2D eigenvalue weighted by Crippen LogP contribution is -2.37. The molecule has 0 radical (unpaired) electrons. The molecule has 1 fully saturated rings. The molecule has 20 heavy (non-hydrogen) atoms. The van der Waals surface area contributed by atoms with E-state index in [2.05, 4.69) is 5.32 Å². The van der Waals surface area contributed by atoms with Gasteiger partial charge in [0.05, 0.1) is 11.0 Å². The van der Waals surface area contributed by atoms with Gasteiger partial charge in [-0.05, 0) is 31.7 Å². The predicted molar refractivity (Wildman–Crippen MR) is 79.3 cm³/mol. The molecule has 0 amide bonds. The summed E-state index contributed by atoms with van der Waals surface area (Å²) in [6, 6.07) is 5.06. The van der Waals surface area contributed by atoms with Gasteiger partial charge in [-0.3, -0.25) is 10.1 Å². The summed E-state index contributed by atoms with van der Waals surface area (Å²) in [5, 5.41) is 23.4. The molecule has 0 spiro atoms. The van der Waals surface area contributed by atoms with Gasteiger partial charge in [-0.15, -0.1) is 0 Å². The van der Waals surface area contributed by atoms with Crippen molar-refractivity contribution in [2.45, 2.75) is 25.9 Å². The largest absolute Gasteiger partial charge is 0.393 e. The predicted octanol–water partition coefficient (Wildman–Crippen LogP) is 2.23. The second-order valence-electron chi connectivity index (χ2n) is 5.40. The van der Waals surface area contributed by atoms with Gasteiger partial charge in [0, 0.05) is 43.6 Å². The van der Waals surface area contributed by atoms with Crippen LogP contribution in [0.4, 0.5) is 17.1 Å². The van der Waals surface area contributed by atoms with Crippen LogP contribution in [0.15, 0.2) is 18.2 Å². The van der Waals surface area contributed by atoms with E-state index in [1.54, 1.807) is 12.1 Å². The lowest BCUT2D eigenvalue weighted by Gasteiger charge is -2.35. The Hall–Kier alpha value is -1.82. The van der Waals surface area contributed by atoms with Gasteiger partial charge in [-0.1, -0.05) is 0 Å². The maximum Gasteiger partial charge on any atom is 0.273 e. The van der Waals surface area contributed by atoms with Crippen molar-refractivity contribution < 1.29 is 10.0 Å². The molecule has 1 aliphatic carbocycles. The number of rotatable bonds is 6. The van der Waals surface area contributed by atoms with Crippen LogP contribution in [0.25, 0.3) is 0 Å². The molecule has 0 bridgehead atoms. The van der Waals surface area contributed by atoms with Crippen molar-refractivity contribution in [2.24, 2.45) is 5.92 Å². The van der Waals surface area contributed by atoms with Gasteiger partial charge in [0.25, 0.3) is 5.69 Å². The van der Waals surface area contributed by atoms with Crippen molar-refractivity contribution in [3.05, 3.63) is 28.3 Å². The van der Waals surface area contributed by atoms with Crippen LogP contribution in [0.5, 0.6) is 0 Å². The van der Waals surface area contributed by atoms with Crippen LogP contribution in [0.2, 0.25) is 0 Å². The zero-order valence-electron chi connectivity index (χ0n) is 11.9. The van der Waals surface area contributed by atoms with Gasteiger partial charge in [-0.25, -0.2) is 0 Å². The highest BCUT2D eigenvalue weighted by molar-refractivity contribution is 5.64. The Morgan fingerprint density at radius 3 is 2.70 bits per heavy atom. The number of nitrogens with one attached hydrogen (secondary N) is 1. The summed E-state index contributed by atoms with van der Waals surface area (Å²) in [7, 11) is 1.93. The third-order valence-corrected chi connectivity index (χ3v) is 3.68. The molecular formula is C14H21N3O3. The van der Waals surface area contributed by atoms with Crippen LogP contribution in [0.1, 0.15) is 19.8 Å². The lowest BCUT2D eigenvalue weighted by molar-refractivity contribution is -0.384. The zero-order chi connectivity index (χ0) is 14.7. The number of aliphatic hydroxyl groups is 1. The van der Waals surface area contributed by atoms with E-state index in [0.717, 1.165) is 37.3 Å². The van der Waals surface area contributed by atoms with Gasteiger partial charge < -0.3 is 15.3 Å². The number of nitro groups is 1. The summed E-state index contributed by atoms with van der Waals surface area (Å²) in [4.78, 5) is 12.6. The second-order valence-corrected chi connectivity index (χ2v) is 5.40. The van der Waals surface area contributed by atoms with Crippen LogP contribution in [-0.4, -0.2) is 36.3 Å². The Bertz CT molecular complexity index is 487. The number of benzene rings is 1. The summed E-state index contributed by atoms with van der Waals surface area (Å²) in [6.45, 7) is 3.49. The van der Waals surface area contributed by atoms with E-state index in [4.69, 9.17) is 0 Å². The highest BCUT2D eigenvalue weighted by atomic mass is 16.6. The Balaban J connectivity index is 2.13.